The highest BCUT2D eigenvalue weighted by Crippen LogP contribution is 2.27. The Hall–Kier alpha value is -2.53. The molecule has 27 heavy (non-hydrogen) atoms. The van der Waals surface area contributed by atoms with Crippen molar-refractivity contribution in [1.29, 1.82) is 0 Å². The molecule has 0 fully saturated rings. The maximum atomic E-state index is 5.26. The number of hydrogen-bond acceptors (Lipinski definition) is 4. The highest BCUT2D eigenvalue weighted by Gasteiger charge is 2.25. The largest absolute Gasteiger partial charge is 0.497 e. The number of hydrogen-bond donors (Lipinski definition) is 0. The summed E-state index contributed by atoms with van der Waals surface area (Å²) in [5, 5.41) is 0. The van der Waals surface area contributed by atoms with Crippen molar-refractivity contribution in [1.82, 2.24) is 14.5 Å². The Morgan fingerprint density at radius 3 is 2.59 bits per heavy atom. The van der Waals surface area contributed by atoms with Gasteiger partial charge >= 0.3 is 0 Å². The minimum Gasteiger partial charge on any atom is -0.497 e. The summed E-state index contributed by atoms with van der Waals surface area (Å²) in [6.45, 7) is 6.17. The number of para-hydroxylation sites is 2. The van der Waals surface area contributed by atoms with Crippen LogP contribution in [0.1, 0.15) is 25.3 Å². The number of imidazole rings is 1. The zero-order valence-electron chi connectivity index (χ0n) is 16.3. The summed E-state index contributed by atoms with van der Waals surface area (Å²) >= 11 is 0. The smallest absolute Gasteiger partial charge is 0.208 e. The van der Waals surface area contributed by atoms with E-state index >= 15 is 0 Å². The number of methoxy groups -OCH3 is 1. The molecule has 3 aromatic rings. The Balaban J connectivity index is 1.52. The fourth-order valence-corrected chi connectivity index (χ4v) is 3.73. The molecule has 5 heteroatoms. The van der Waals surface area contributed by atoms with Crippen LogP contribution in [0.4, 0.5) is 5.95 Å². The van der Waals surface area contributed by atoms with Gasteiger partial charge in [-0.25, -0.2) is 4.98 Å². The van der Waals surface area contributed by atoms with E-state index in [-0.39, 0.29) is 0 Å². The molecule has 0 saturated carbocycles. The average molecular weight is 364 g/mol. The van der Waals surface area contributed by atoms with Gasteiger partial charge in [-0.15, -0.1) is 0 Å². The van der Waals surface area contributed by atoms with Gasteiger partial charge in [-0.05, 0) is 42.7 Å². The zero-order chi connectivity index (χ0) is 18.6. The number of anilines is 1. The lowest BCUT2D eigenvalue weighted by molar-refractivity contribution is 0.201. The topological polar surface area (TPSA) is 33.5 Å². The average Bonchev–Trinajstić information content (AvgIpc) is 3.10. The highest BCUT2D eigenvalue weighted by molar-refractivity contribution is 5.79. The van der Waals surface area contributed by atoms with Crippen LogP contribution in [-0.4, -0.2) is 41.3 Å². The molecule has 0 bridgehead atoms. The van der Waals surface area contributed by atoms with Gasteiger partial charge in [0.2, 0.25) is 5.95 Å². The fraction of sp³-hybridized carbons (Fsp3) is 0.409. The SMILES string of the molecule is CCCCN1CN(CCc2ccc(OC)cc2)Cn2c1nc1ccccc12. The summed E-state index contributed by atoms with van der Waals surface area (Å²) in [7, 11) is 1.71. The summed E-state index contributed by atoms with van der Waals surface area (Å²) < 4.78 is 7.62. The third kappa shape index (κ3) is 3.78. The quantitative estimate of drug-likeness (QED) is 0.631. The van der Waals surface area contributed by atoms with Gasteiger partial charge in [-0.3, -0.25) is 9.47 Å². The lowest BCUT2D eigenvalue weighted by atomic mass is 10.1. The molecule has 0 radical (unpaired) electrons. The second kappa shape index (κ2) is 8.01. The van der Waals surface area contributed by atoms with Crippen molar-refractivity contribution in [2.24, 2.45) is 0 Å². The molecule has 0 unspecified atom stereocenters. The summed E-state index contributed by atoms with van der Waals surface area (Å²) in [4.78, 5) is 9.85. The van der Waals surface area contributed by atoms with E-state index in [1.165, 1.54) is 23.9 Å². The third-order valence-corrected chi connectivity index (χ3v) is 5.29. The maximum Gasteiger partial charge on any atom is 0.208 e. The molecule has 4 rings (SSSR count). The second-order valence-electron chi connectivity index (χ2n) is 7.22. The third-order valence-electron chi connectivity index (χ3n) is 5.29. The standard InChI is InChI=1S/C22H28N4O/c1-3-4-14-25-16-24(15-13-18-9-11-19(27-2)12-10-18)17-26-21-8-6-5-7-20(21)23-22(25)26/h5-12H,3-4,13-17H2,1-2H3. The van der Waals surface area contributed by atoms with Crippen molar-refractivity contribution in [3.05, 3.63) is 54.1 Å². The normalized spacial score (nSPS) is 14.5. The Kier molecular flexibility index (Phi) is 5.30. The first kappa shape index (κ1) is 17.9. The van der Waals surface area contributed by atoms with Crippen molar-refractivity contribution in [2.45, 2.75) is 32.9 Å². The first-order chi connectivity index (χ1) is 13.3. The molecule has 142 valence electrons. The van der Waals surface area contributed by atoms with Crippen molar-refractivity contribution >= 4 is 17.0 Å². The van der Waals surface area contributed by atoms with E-state index < -0.39 is 0 Å². The summed E-state index contributed by atoms with van der Waals surface area (Å²) in [6, 6.07) is 16.9. The predicted molar refractivity (Wildman–Crippen MR) is 110 cm³/mol. The number of unbranched alkanes of at least 4 members (excludes halogenated alkanes) is 1. The number of benzene rings is 2. The highest BCUT2D eigenvalue weighted by atomic mass is 16.5. The van der Waals surface area contributed by atoms with Gasteiger partial charge in [0, 0.05) is 13.1 Å². The van der Waals surface area contributed by atoms with Crippen molar-refractivity contribution in [3.63, 3.8) is 0 Å². The minimum atomic E-state index is 0.897. The summed E-state index contributed by atoms with van der Waals surface area (Å²) in [5.41, 5.74) is 3.66. The predicted octanol–water partition coefficient (Wildman–Crippen LogP) is 4.12. The molecule has 1 aliphatic heterocycles. The second-order valence-corrected chi connectivity index (χ2v) is 7.22. The number of ether oxygens (including phenoxy) is 1. The molecule has 0 N–H and O–H groups in total. The van der Waals surface area contributed by atoms with E-state index in [4.69, 9.17) is 9.72 Å². The number of rotatable bonds is 7. The first-order valence-electron chi connectivity index (χ1n) is 9.84. The van der Waals surface area contributed by atoms with Gasteiger partial charge < -0.3 is 9.64 Å². The number of fused-ring (bicyclic) bond motifs is 3. The lowest BCUT2D eigenvalue weighted by Crippen LogP contribution is -2.46. The fourth-order valence-electron chi connectivity index (χ4n) is 3.73. The summed E-state index contributed by atoms with van der Waals surface area (Å²) in [6.07, 6.45) is 3.42. The van der Waals surface area contributed by atoms with E-state index in [1.807, 2.05) is 12.1 Å². The van der Waals surface area contributed by atoms with Crippen LogP contribution in [0.25, 0.3) is 11.0 Å². The van der Waals surface area contributed by atoms with Crippen molar-refractivity contribution in [2.75, 3.05) is 31.8 Å². The van der Waals surface area contributed by atoms with Gasteiger partial charge in [0.15, 0.2) is 0 Å². The van der Waals surface area contributed by atoms with Crippen molar-refractivity contribution < 1.29 is 4.74 Å². The molecule has 5 nitrogen and oxygen atoms in total. The van der Waals surface area contributed by atoms with Crippen LogP contribution in [-0.2, 0) is 13.1 Å². The van der Waals surface area contributed by atoms with E-state index in [2.05, 4.69) is 57.7 Å². The van der Waals surface area contributed by atoms with Crippen LogP contribution in [0, 0.1) is 0 Å². The monoisotopic (exact) mass is 364 g/mol. The minimum absolute atomic E-state index is 0.897. The Morgan fingerprint density at radius 2 is 1.81 bits per heavy atom. The van der Waals surface area contributed by atoms with Crippen LogP contribution >= 0.6 is 0 Å². The van der Waals surface area contributed by atoms with Gasteiger partial charge in [0.25, 0.3) is 0 Å². The van der Waals surface area contributed by atoms with Crippen LogP contribution in [0.5, 0.6) is 5.75 Å². The molecular weight excluding hydrogens is 336 g/mol. The van der Waals surface area contributed by atoms with E-state index in [1.54, 1.807) is 7.11 Å². The molecule has 0 saturated heterocycles. The molecule has 0 amide bonds. The molecule has 1 aliphatic rings. The molecular formula is C22H28N4O. The molecule has 2 aromatic carbocycles. The lowest BCUT2D eigenvalue weighted by Gasteiger charge is -2.37. The number of aromatic nitrogens is 2. The van der Waals surface area contributed by atoms with E-state index in [9.17, 15) is 0 Å². The molecule has 2 heterocycles. The zero-order valence-corrected chi connectivity index (χ0v) is 16.3. The Labute approximate surface area is 161 Å². The molecule has 0 aliphatic carbocycles. The first-order valence-corrected chi connectivity index (χ1v) is 9.84. The molecule has 0 atom stereocenters. The molecule has 0 spiro atoms. The van der Waals surface area contributed by atoms with Gasteiger partial charge in [0.05, 0.1) is 31.5 Å². The van der Waals surface area contributed by atoms with Crippen LogP contribution in [0.3, 0.4) is 0 Å². The Bertz CT molecular complexity index is 887. The summed E-state index contributed by atoms with van der Waals surface area (Å²) in [5.74, 6) is 2.03. The van der Waals surface area contributed by atoms with Crippen molar-refractivity contribution in [3.8, 4) is 5.75 Å². The van der Waals surface area contributed by atoms with Gasteiger partial charge in [-0.1, -0.05) is 37.6 Å². The number of nitrogens with zero attached hydrogens (tertiary/aromatic N) is 4. The van der Waals surface area contributed by atoms with Crippen LogP contribution in [0.15, 0.2) is 48.5 Å². The molecule has 1 aromatic heterocycles. The Morgan fingerprint density at radius 1 is 1.00 bits per heavy atom. The van der Waals surface area contributed by atoms with E-state index in [0.717, 1.165) is 50.1 Å². The maximum absolute atomic E-state index is 5.26. The van der Waals surface area contributed by atoms with Crippen LogP contribution < -0.4 is 9.64 Å². The van der Waals surface area contributed by atoms with Gasteiger partial charge in [-0.2, -0.15) is 0 Å². The van der Waals surface area contributed by atoms with Crippen LogP contribution in [0.2, 0.25) is 0 Å². The van der Waals surface area contributed by atoms with Gasteiger partial charge in [0.1, 0.15) is 5.75 Å². The van der Waals surface area contributed by atoms with E-state index in [0.29, 0.717) is 0 Å².